The van der Waals surface area contributed by atoms with Crippen molar-refractivity contribution >= 4 is 17.4 Å². The van der Waals surface area contributed by atoms with Crippen molar-refractivity contribution in [3.05, 3.63) is 71.9 Å². The fourth-order valence-electron chi connectivity index (χ4n) is 2.76. The van der Waals surface area contributed by atoms with Crippen LogP contribution in [-0.2, 0) is 6.54 Å². The van der Waals surface area contributed by atoms with E-state index >= 15 is 0 Å². The molecule has 3 aromatic rings. The van der Waals surface area contributed by atoms with E-state index in [1.54, 1.807) is 43.6 Å². The highest BCUT2D eigenvalue weighted by molar-refractivity contribution is 6.03. The highest BCUT2D eigenvalue weighted by Gasteiger charge is 2.13. The number of pyridine rings is 1. The van der Waals surface area contributed by atoms with Gasteiger partial charge in [-0.1, -0.05) is 6.07 Å². The van der Waals surface area contributed by atoms with Crippen LogP contribution in [0.2, 0.25) is 0 Å². The summed E-state index contributed by atoms with van der Waals surface area (Å²) in [5.41, 5.74) is 2.45. The SMILES string of the molecule is COc1ccc(C(=O)Nc2ccc(NCc3ccc4c(c3)OCO4)cn2)cc1. The number of anilines is 2. The molecule has 1 aliphatic rings. The second-order valence-corrected chi connectivity index (χ2v) is 6.16. The Morgan fingerprint density at radius 1 is 1.07 bits per heavy atom. The third-order valence-corrected chi connectivity index (χ3v) is 4.29. The normalized spacial score (nSPS) is 11.8. The first kappa shape index (κ1) is 17.7. The maximum Gasteiger partial charge on any atom is 0.256 e. The van der Waals surface area contributed by atoms with Gasteiger partial charge in [0.25, 0.3) is 5.91 Å². The lowest BCUT2D eigenvalue weighted by Crippen LogP contribution is -2.12. The van der Waals surface area contributed by atoms with E-state index in [4.69, 9.17) is 14.2 Å². The van der Waals surface area contributed by atoms with Crippen molar-refractivity contribution in [1.82, 2.24) is 4.98 Å². The molecule has 1 aromatic heterocycles. The lowest BCUT2D eigenvalue weighted by Gasteiger charge is -2.09. The largest absolute Gasteiger partial charge is 0.497 e. The van der Waals surface area contributed by atoms with Crippen LogP contribution < -0.4 is 24.8 Å². The molecule has 0 unspecified atom stereocenters. The molecule has 7 heteroatoms. The molecule has 0 fully saturated rings. The molecule has 0 atom stereocenters. The average molecular weight is 377 g/mol. The number of hydrogen-bond donors (Lipinski definition) is 2. The van der Waals surface area contributed by atoms with Gasteiger partial charge in [-0.15, -0.1) is 0 Å². The first-order valence-electron chi connectivity index (χ1n) is 8.75. The van der Waals surface area contributed by atoms with E-state index in [-0.39, 0.29) is 12.7 Å². The maximum atomic E-state index is 12.3. The van der Waals surface area contributed by atoms with Gasteiger partial charge in [-0.2, -0.15) is 0 Å². The number of benzene rings is 2. The van der Waals surface area contributed by atoms with Crippen LogP contribution in [0.15, 0.2) is 60.8 Å². The molecule has 0 radical (unpaired) electrons. The van der Waals surface area contributed by atoms with Crippen molar-refractivity contribution in [2.24, 2.45) is 0 Å². The molecule has 0 bridgehead atoms. The Morgan fingerprint density at radius 2 is 1.89 bits per heavy atom. The third kappa shape index (κ3) is 3.98. The van der Waals surface area contributed by atoms with E-state index < -0.39 is 0 Å². The van der Waals surface area contributed by atoms with Crippen LogP contribution >= 0.6 is 0 Å². The quantitative estimate of drug-likeness (QED) is 0.682. The van der Waals surface area contributed by atoms with Crippen LogP contribution in [0.4, 0.5) is 11.5 Å². The van der Waals surface area contributed by atoms with Gasteiger partial charge in [-0.3, -0.25) is 4.79 Å². The van der Waals surface area contributed by atoms with E-state index in [1.165, 1.54) is 0 Å². The zero-order valence-electron chi connectivity index (χ0n) is 15.3. The van der Waals surface area contributed by atoms with Crippen LogP contribution in [0.3, 0.4) is 0 Å². The summed E-state index contributed by atoms with van der Waals surface area (Å²) in [6, 6.07) is 16.3. The molecular weight excluding hydrogens is 358 g/mol. The number of ether oxygens (including phenoxy) is 3. The van der Waals surface area contributed by atoms with Crippen molar-refractivity contribution < 1.29 is 19.0 Å². The number of methoxy groups -OCH3 is 1. The van der Waals surface area contributed by atoms with Crippen LogP contribution in [0.5, 0.6) is 17.2 Å². The van der Waals surface area contributed by atoms with Gasteiger partial charge < -0.3 is 24.8 Å². The van der Waals surface area contributed by atoms with Gasteiger partial charge in [-0.25, -0.2) is 4.98 Å². The Morgan fingerprint density at radius 3 is 2.64 bits per heavy atom. The molecule has 1 amide bonds. The lowest BCUT2D eigenvalue weighted by molar-refractivity contribution is 0.102. The van der Waals surface area contributed by atoms with Crippen molar-refractivity contribution in [2.75, 3.05) is 24.5 Å². The Hall–Kier alpha value is -3.74. The van der Waals surface area contributed by atoms with Crippen molar-refractivity contribution in [3.8, 4) is 17.2 Å². The van der Waals surface area contributed by atoms with Crippen molar-refractivity contribution in [2.45, 2.75) is 6.54 Å². The van der Waals surface area contributed by atoms with Gasteiger partial charge in [-0.05, 0) is 54.1 Å². The van der Waals surface area contributed by atoms with E-state index in [0.717, 1.165) is 22.7 Å². The summed E-state index contributed by atoms with van der Waals surface area (Å²) < 4.78 is 15.8. The predicted octanol–water partition coefficient (Wildman–Crippen LogP) is 3.68. The molecule has 142 valence electrons. The minimum atomic E-state index is -0.226. The Balaban J connectivity index is 1.33. The van der Waals surface area contributed by atoms with Gasteiger partial charge in [0, 0.05) is 12.1 Å². The topological polar surface area (TPSA) is 81.7 Å². The first-order chi connectivity index (χ1) is 13.7. The van der Waals surface area contributed by atoms with E-state index in [0.29, 0.717) is 23.7 Å². The molecule has 7 nitrogen and oxygen atoms in total. The number of carbonyl (C=O) groups excluding carboxylic acids is 1. The maximum absolute atomic E-state index is 12.3. The van der Waals surface area contributed by atoms with E-state index in [2.05, 4.69) is 15.6 Å². The predicted molar refractivity (Wildman–Crippen MR) is 105 cm³/mol. The zero-order chi connectivity index (χ0) is 19.3. The number of carbonyl (C=O) groups is 1. The molecule has 2 N–H and O–H groups in total. The monoisotopic (exact) mass is 377 g/mol. The standard InChI is InChI=1S/C21H19N3O4/c1-26-17-6-3-15(4-7-17)21(25)24-20-9-5-16(12-23-20)22-11-14-2-8-18-19(10-14)28-13-27-18/h2-10,12,22H,11,13H2,1H3,(H,23,24,25). The van der Waals surface area contributed by atoms with Gasteiger partial charge in [0.2, 0.25) is 6.79 Å². The molecule has 1 aliphatic heterocycles. The summed E-state index contributed by atoms with van der Waals surface area (Å²) in [7, 11) is 1.58. The number of hydrogen-bond acceptors (Lipinski definition) is 6. The van der Waals surface area contributed by atoms with Gasteiger partial charge in [0.05, 0.1) is 19.0 Å². The zero-order valence-corrected chi connectivity index (χ0v) is 15.3. The van der Waals surface area contributed by atoms with E-state index in [9.17, 15) is 4.79 Å². The molecule has 2 aromatic carbocycles. The van der Waals surface area contributed by atoms with Gasteiger partial charge in [0.1, 0.15) is 11.6 Å². The summed E-state index contributed by atoms with van der Waals surface area (Å²) in [6.45, 7) is 0.885. The second-order valence-electron chi connectivity index (χ2n) is 6.16. The number of nitrogens with one attached hydrogen (secondary N) is 2. The average Bonchev–Trinajstić information content (AvgIpc) is 3.21. The molecule has 0 saturated carbocycles. The number of fused-ring (bicyclic) bond motifs is 1. The fraction of sp³-hybridized carbons (Fsp3) is 0.143. The molecular formula is C21H19N3O4. The number of nitrogens with zero attached hydrogens (tertiary/aromatic N) is 1. The molecule has 2 heterocycles. The van der Waals surface area contributed by atoms with Crippen LogP contribution in [-0.4, -0.2) is 24.8 Å². The Bertz CT molecular complexity index is 972. The Kier molecular flexibility index (Phi) is 4.97. The summed E-state index contributed by atoms with van der Waals surface area (Å²) in [5, 5.41) is 6.07. The third-order valence-electron chi connectivity index (χ3n) is 4.29. The summed E-state index contributed by atoms with van der Waals surface area (Å²) in [6.07, 6.45) is 1.68. The van der Waals surface area contributed by atoms with Gasteiger partial charge >= 0.3 is 0 Å². The summed E-state index contributed by atoms with van der Waals surface area (Å²) in [4.78, 5) is 16.6. The molecule has 28 heavy (non-hydrogen) atoms. The minimum absolute atomic E-state index is 0.226. The van der Waals surface area contributed by atoms with Crippen LogP contribution in [0.1, 0.15) is 15.9 Å². The fourth-order valence-corrected chi connectivity index (χ4v) is 2.76. The molecule has 0 saturated heterocycles. The van der Waals surface area contributed by atoms with Crippen molar-refractivity contribution in [1.29, 1.82) is 0 Å². The highest BCUT2D eigenvalue weighted by atomic mass is 16.7. The number of amides is 1. The summed E-state index contributed by atoms with van der Waals surface area (Å²) in [5.74, 6) is 2.48. The van der Waals surface area contributed by atoms with Crippen molar-refractivity contribution in [3.63, 3.8) is 0 Å². The van der Waals surface area contributed by atoms with E-state index in [1.807, 2.05) is 24.3 Å². The summed E-state index contributed by atoms with van der Waals surface area (Å²) >= 11 is 0. The number of aromatic nitrogens is 1. The smallest absolute Gasteiger partial charge is 0.256 e. The lowest BCUT2D eigenvalue weighted by atomic mass is 10.2. The van der Waals surface area contributed by atoms with Gasteiger partial charge in [0.15, 0.2) is 11.5 Å². The van der Waals surface area contributed by atoms with Crippen LogP contribution in [0.25, 0.3) is 0 Å². The number of rotatable bonds is 6. The molecule has 4 rings (SSSR count). The first-order valence-corrected chi connectivity index (χ1v) is 8.75. The highest BCUT2D eigenvalue weighted by Crippen LogP contribution is 2.32. The molecule has 0 spiro atoms. The van der Waals surface area contributed by atoms with Crippen LogP contribution in [0, 0.1) is 0 Å². The second kappa shape index (κ2) is 7.87. The molecule has 0 aliphatic carbocycles. The Labute approximate surface area is 162 Å². The minimum Gasteiger partial charge on any atom is -0.497 e.